The standard InChI is InChI=1S/C23H25N3O3/c1-14-10-18-20(25(4)23(14)28)12-17(29-5)13-21(18)26-9-8-24(3)19-7-6-16(15(2)27)11-22(19)26/h6-7,10-13H,8-9H2,1-5H3. The van der Waals surface area contributed by atoms with Gasteiger partial charge in [-0.2, -0.15) is 0 Å². The van der Waals surface area contributed by atoms with Crippen molar-refractivity contribution >= 4 is 33.7 Å². The van der Waals surface area contributed by atoms with Crippen LogP contribution in [0.1, 0.15) is 22.8 Å². The Morgan fingerprint density at radius 2 is 1.76 bits per heavy atom. The van der Waals surface area contributed by atoms with E-state index in [1.54, 1.807) is 25.6 Å². The second-order valence-corrected chi connectivity index (χ2v) is 7.60. The van der Waals surface area contributed by atoms with Crippen LogP contribution < -0.4 is 20.1 Å². The molecule has 6 heteroatoms. The second-order valence-electron chi connectivity index (χ2n) is 7.60. The number of hydrogen-bond acceptors (Lipinski definition) is 5. The number of rotatable bonds is 3. The zero-order valence-corrected chi connectivity index (χ0v) is 17.4. The van der Waals surface area contributed by atoms with Gasteiger partial charge in [-0.1, -0.05) is 0 Å². The fourth-order valence-electron chi connectivity index (χ4n) is 4.04. The van der Waals surface area contributed by atoms with Crippen molar-refractivity contribution in [3.8, 4) is 5.75 Å². The van der Waals surface area contributed by atoms with Crippen LogP contribution in [0.25, 0.3) is 10.9 Å². The number of likely N-dealkylation sites (N-methyl/N-ethyl adjacent to an activating group) is 1. The van der Waals surface area contributed by atoms with Gasteiger partial charge in [-0.3, -0.25) is 9.59 Å². The summed E-state index contributed by atoms with van der Waals surface area (Å²) in [6.07, 6.45) is 0. The fraction of sp³-hybridized carbons (Fsp3) is 0.304. The molecule has 0 radical (unpaired) electrons. The number of benzene rings is 2. The van der Waals surface area contributed by atoms with Crippen LogP contribution in [0, 0.1) is 6.92 Å². The Balaban J connectivity index is 2.03. The van der Waals surface area contributed by atoms with Crippen LogP contribution in [-0.4, -0.2) is 37.6 Å². The lowest BCUT2D eigenvalue weighted by Crippen LogP contribution is -2.36. The van der Waals surface area contributed by atoms with Gasteiger partial charge in [0.1, 0.15) is 5.75 Å². The first kappa shape index (κ1) is 19.1. The SMILES string of the molecule is COc1cc(N2CCN(C)c3ccc(C(C)=O)cc32)c2cc(C)c(=O)n(C)c2c1. The van der Waals surface area contributed by atoms with Crippen molar-refractivity contribution in [2.24, 2.45) is 7.05 Å². The molecule has 0 unspecified atom stereocenters. The minimum atomic E-state index is -0.0191. The zero-order chi connectivity index (χ0) is 20.9. The molecule has 1 aromatic heterocycles. The van der Waals surface area contributed by atoms with Crippen molar-refractivity contribution in [2.45, 2.75) is 13.8 Å². The molecule has 1 aliphatic heterocycles. The van der Waals surface area contributed by atoms with E-state index in [0.717, 1.165) is 41.1 Å². The van der Waals surface area contributed by atoms with Gasteiger partial charge in [-0.15, -0.1) is 0 Å². The molecule has 0 saturated heterocycles. The summed E-state index contributed by atoms with van der Waals surface area (Å²) in [6, 6.07) is 11.7. The van der Waals surface area contributed by atoms with Gasteiger partial charge >= 0.3 is 0 Å². The highest BCUT2D eigenvalue weighted by Gasteiger charge is 2.25. The second kappa shape index (κ2) is 6.95. The maximum Gasteiger partial charge on any atom is 0.253 e. The number of aromatic nitrogens is 1. The number of nitrogens with zero attached hydrogens (tertiary/aromatic N) is 3. The summed E-state index contributed by atoms with van der Waals surface area (Å²) < 4.78 is 7.21. The molecular weight excluding hydrogens is 366 g/mol. The first-order chi connectivity index (χ1) is 13.8. The van der Waals surface area contributed by atoms with Gasteiger partial charge in [0.05, 0.1) is 29.7 Å². The molecule has 2 aromatic carbocycles. The van der Waals surface area contributed by atoms with Crippen molar-refractivity contribution < 1.29 is 9.53 Å². The highest BCUT2D eigenvalue weighted by Crippen LogP contribution is 2.42. The van der Waals surface area contributed by atoms with Crippen molar-refractivity contribution in [3.63, 3.8) is 0 Å². The summed E-state index contributed by atoms with van der Waals surface area (Å²) in [5, 5.41) is 0.981. The normalized spacial score (nSPS) is 13.6. The van der Waals surface area contributed by atoms with Gasteiger partial charge < -0.3 is 19.1 Å². The lowest BCUT2D eigenvalue weighted by Gasteiger charge is -2.38. The smallest absolute Gasteiger partial charge is 0.253 e. The Kier molecular flexibility index (Phi) is 4.57. The van der Waals surface area contributed by atoms with Gasteiger partial charge in [-0.05, 0) is 38.1 Å². The number of Topliss-reactive ketones (excluding diaryl/α,β-unsaturated/α-hetero) is 1. The Morgan fingerprint density at radius 3 is 2.45 bits per heavy atom. The van der Waals surface area contributed by atoms with Gasteiger partial charge in [0, 0.05) is 55.8 Å². The van der Waals surface area contributed by atoms with E-state index in [0.29, 0.717) is 16.9 Å². The van der Waals surface area contributed by atoms with Crippen LogP contribution >= 0.6 is 0 Å². The minimum Gasteiger partial charge on any atom is -0.497 e. The van der Waals surface area contributed by atoms with Crippen molar-refractivity contribution in [2.75, 3.05) is 37.0 Å². The van der Waals surface area contributed by atoms with Gasteiger partial charge in [-0.25, -0.2) is 0 Å². The summed E-state index contributed by atoms with van der Waals surface area (Å²) in [7, 11) is 5.47. The average molecular weight is 391 g/mol. The Labute approximate surface area is 169 Å². The first-order valence-electron chi connectivity index (χ1n) is 9.64. The average Bonchev–Trinajstić information content (AvgIpc) is 2.72. The van der Waals surface area contributed by atoms with Crippen LogP contribution in [0.4, 0.5) is 17.1 Å². The molecule has 0 atom stereocenters. The summed E-state index contributed by atoms with van der Waals surface area (Å²) in [5.41, 5.74) is 5.19. The van der Waals surface area contributed by atoms with Crippen LogP contribution in [-0.2, 0) is 7.05 Å². The predicted molar refractivity (Wildman–Crippen MR) is 117 cm³/mol. The summed E-state index contributed by atoms with van der Waals surface area (Å²) in [6.45, 7) is 5.02. The third-order valence-corrected chi connectivity index (χ3v) is 5.74. The first-order valence-corrected chi connectivity index (χ1v) is 9.64. The van der Waals surface area contributed by atoms with E-state index in [-0.39, 0.29) is 11.3 Å². The Morgan fingerprint density at radius 1 is 1.00 bits per heavy atom. The molecule has 29 heavy (non-hydrogen) atoms. The predicted octanol–water partition coefficient (Wildman–Crippen LogP) is 3.65. The molecule has 0 fully saturated rings. The molecule has 0 spiro atoms. The molecule has 0 bridgehead atoms. The van der Waals surface area contributed by atoms with Crippen LogP contribution in [0.2, 0.25) is 0 Å². The van der Waals surface area contributed by atoms with Gasteiger partial charge in [0.15, 0.2) is 5.78 Å². The molecule has 2 heterocycles. The van der Waals surface area contributed by atoms with E-state index in [9.17, 15) is 9.59 Å². The number of ketones is 1. The van der Waals surface area contributed by atoms with E-state index in [2.05, 4.69) is 16.8 Å². The monoisotopic (exact) mass is 391 g/mol. The number of carbonyl (C=O) groups is 1. The summed E-state index contributed by atoms with van der Waals surface area (Å²) in [4.78, 5) is 28.9. The largest absolute Gasteiger partial charge is 0.497 e. The molecule has 0 saturated carbocycles. The minimum absolute atomic E-state index is 0.0191. The third kappa shape index (κ3) is 3.05. The van der Waals surface area contributed by atoms with E-state index >= 15 is 0 Å². The maximum absolute atomic E-state index is 12.5. The number of ether oxygens (including phenoxy) is 1. The Bertz CT molecular complexity index is 1200. The van der Waals surface area contributed by atoms with Crippen molar-refractivity contribution in [1.82, 2.24) is 4.57 Å². The number of carbonyl (C=O) groups excluding carboxylic acids is 1. The molecule has 6 nitrogen and oxygen atoms in total. The van der Waals surface area contributed by atoms with Crippen molar-refractivity contribution in [1.29, 1.82) is 0 Å². The number of aryl methyl sites for hydroxylation is 2. The number of anilines is 3. The fourth-order valence-corrected chi connectivity index (χ4v) is 4.04. The lowest BCUT2D eigenvalue weighted by molar-refractivity contribution is 0.101. The van der Waals surface area contributed by atoms with Crippen molar-refractivity contribution in [3.05, 3.63) is 57.9 Å². The molecular formula is C23H25N3O3. The lowest BCUT2D eigenvalue weighted by atomic mass is 10.0. The summed E-state index contributed by atoms with van der Waals surface area (Å²) in [5.74, 6) is 0.726. The van der Waals surface area contributed by atoms with E-state index < -0.39 is 0 Å². The third-order valence-electron chi connectivity index (χ3n) is 5.74. The maximum atomic E-state index is 12.5. The molecule has 150 valence electrons. The quantitative estimate of drug-likeness (QED) is 0.638. The zero-order valence-electron chi connectivity index (χ0n) is 17.4. The number of methoxy groups -OCH3 is 1. The van der Waals surface area contributed by atoms with Crippen LogP contribution in [0.3, 0.4) is 0 Å². The van der Waals surface area contributed by atoms with E-state index in [1.165, 1.54) is 0 Å². The van der Waals surface area contributed by atoms with E-state index in [4.69, 9.17) is 4.74 Å². The molecule has 0 amide bonds. The van der Waals surface area contributed by atoms with Crippen LogP contribution in [0.5, 0.6) is 5.75 Å². The van der Waals surface area contributed by atoms with E-state index in [1.807, 2.05) is 43.3 Å². The number of fused-ring (bicyclic) bond motifs is 2. The highest BCUT2D eigenvalue weighted by molar-refractivity contribution is 6.00. The Hall–Kier alpha value is -3.28. The molecule has 1 aliphatic rings. The number of hydrogen-bond donors (Lipinski definition) is 0. The highest BCUT2D eigenvalue weighted by atomic mass is 16.5. The molecule has 0 aliphatic carbocycles. The molecule has 3 aromatic rings. The molecule has 0 N–H and O–H groups in total. The van der Waals surface area contributed by atoms with Gasteiger partial charge in [0.25, 0.3) is 5.56 Å². The number of pyridine rings is 1. The molecule has 4 rings (SSSR count). The van der Waals surface area contributed by atoms with Gasteiger partial charge in [0.2, 0.25) is 0 Å². The summed E-state index contributed by atoms with van der Waals surface area (Å²) >= 11 is 0. The topological polar surface area (TPSA) is 54.8 Å². The van der Waals surface area contributed by atoms with Crippen LogP contribution in [0.15, 0.2) is 41.2 Å².